The van der Waals surface area contributed by atoms with Crippen LogP contribution in [0.25, 0.3) is 0 Å². The fourth-order valence-electron chi connectivity index (χ4n) is 2.09. The molecule has 0 unspecified atom stereocenters. The minimum atomic E-state index is -0.241. The number of amides is 2. The van der Waals surface area contributed by atoms with Crippen LogP contribution in [-0.4, -0.2) is 21.8 Å². The van der Waals surface area contributed by atoms with Crippen LogP contribution in [0.2, 0.25) is 0 Å². The fraction of sp³-hybridized carbons (Fsp3) is 0. The number of hydrogen-bond acceptors (Lipinski definition) is 4. The molecule has 0 aliphatic heterocycles. The number of rotatable bonds is 4. The molecule has 3 rings (SSSR count). The minimum absolute atomic E-state index is 0.241. The van der Waals surface area contributed by atoms with Crippen molar-refractivity contribution in [1.29, 1.82) is 0 Å². The highest BCUT2D eigenvalue weighted by molar-refractivity contribution is 6.06. The second-order valence-corrected chi connectivity index (χ2v) is 4.96. The summed E-state index contributed by atoms with van der Waals surface area (Å²) >= 11 is 0. The molecule has 0 saturated carbocycles. The zero-order chi connectivity index (χ0) is 16.8. The van der Waals surface area contributed by atoms with E-state index >= 15 is 0 Å². The monoisotopic (exact) mass is 318 g/mol. The minimum Gasteiger partial charge on any atom is -0.322 e. The van der Waals surface area contributed by atoms with E-state index in [9.17, 15) is 9.59 Å². The summed E-state index contributed by atoms with van der Waals surface area (Å²) in [4.78, 5) is 32.0. The molecule has 0 radical (unpaired) electrons. The largest absolute Gasteiger partial charge is 0.322 e. The van der Waals surface area contributed by atoms with Crippen LogP contribution in [0.15, 0.2) is 73.3 Å². The lowest BCUT2D eigenvalue weighted by molar-refractivity contribution is 0.101. The quantitative estimate of drug-likeness (QED) is 0.774. The highest BCUT2D eigenvalue weighted by Crippen LogP contribution is 2.17. The first-order valence-corrected chi connectivity index (χ1v) is 7.25. The Morgan fingerprint density at radius 2 is 1.08 bits per heavy atom. The van der Waals surface area contributed by atoms with E-state index in [2.05, 4.69) is 20.6 Å². The maximum absolute atomic E-state index is 12.1. The van der Waals surface area contributed by atoms with Gasteiger partial charge in [-0.1, -0.05) is 6.07 Å². The molecule has 1 aromatic carbocycles. The molecule has 0 aliphatic rings. The summed E-state index contributed by atoms with van der Waals surface area (Å²) in [6, 6.07) is 13.5. The molecule has 0 atom stereocenters. The predicted octanol–water partition coefficient (Wildman–Crippen LogP) is 2.98. The Bertz CT molecular complexity index is 782. The third kappa shape index (κ3) is 3.80. The summed E-state index contributed by atoms with van der Waals surface area (Å²) in [5, 5.41) is 5.57. The van der Waals surface area contributed by atoms with Crippen molar-refractivity contribution in [2.75, 3.05) is 10.6 Å². The molecule has 2 amide bonds. The number of carbonyl (C=O) groups is 2. The Balaban J connectivity index is 1.70. The zero-order valence-electron chi connectivity index (χ0n) is 12.6. The van der Waals surface area contributed by atoms with Crippen LogP contribution in [0.5, 0.6) is 0 Å². The average Bonchev–Trinajstić information content (AvgIpc) is 2.63. The van der Waals surface area contributed by atoms with E-state index in [4.69, 9.17) is 0 Å². The van der Waals surface area contributed by atoms with Gasteiger partial charge in [-0.05, 0) is 42.5 Å². The number of hydrogen-bond donors (Lipinski definition) is 2. The number of anilines is 2. The van der Waals surface area contributed by atoms with Gasteiger partial charge in [0, 0.05) is 47.3 Å². The number of pyridine rings is 2. The maximum atomic E-state index is 12.1. The van der Waals surface area contributed by atoms with Crippen LogP contribution in [-0.2, 0) is 0 Å². The standard InChI is InChI=1S/C18H14N4O2/c23-17(13-4-8-19-9-5-13)21-15-2-1-3-16(12-15)22-18(24)14-6-10-20-11-7-14/h1-12H,(H,21,23)(H,22,24). The summed E-state index contributed by atoms with van der Waals surface area (Å²) < 4.78 is 0. The highest BCUT2D eigenvalue weighted by atomic mass is 16.2. The Morgan fingerprint density at radius 1 is 0.667 bits per heavy atom. The van der Waals surface area contributed by atoms with Gasteiger partial charge in [0.05, 0.1) is 0 Å². The molecule has 6 nitrogen and oxygen atoms in total. The van der Waals surface area contributed by atoms with E-state index < -0.39 is 0 Å². The van der Waals surface area contributed by atoms with Gasteiger partial charge in [-0.3, -0.25) is 19.6 Å². The third-order valence-electron chi connectivity index (χ3n) is 3.26. The van der Waals surface area contributed by atoms with Gasteiger partial charge < -0.3 is 10.6 Å². The molecule has 2 heterocycles. The molecule has 0 bridgehead atoms. The Kier molecular flexibility index (Phi) is 4.57. The van der Waals surface area contributed by atoms with Gasteiger partial charge in [0.15, 0.2) is 0 Å². The third-order valence-corrected chi connectivity index (χ3v) is 3.26. The molecule has 0 spiro atoms. The number of nitrogens with one attached hydrogen (secondary N) is 2. The molecule has 0 saturated heterocycles. The van der Waals surface area contributed by atoms with E-state index in [1.54, 1.807) is 73.3 Å². The van der Waals surface area contributed by atoms with E-state index in [0.29, 0.717) is 22.5 Å². The van der Waals surface area contributed by atoms with Gasteiger partial charge in [-0.15, -0.1) is 0 Å². The highest BCUT2D eigenvalue weighted by Gasteiger charge is 2.08. The van der Waals surface area contributed by atoms with Crippen LogP contribution >= 0.6 is 0 Å². The van der Waals surface area contributed by atoms with Crippen molar-refractivity contribution in [2.24, 2.45) is 0 Å². The molecule has 118 valence electrons. The summed E-state index contributed by atoms with van der Waals surface area (Å²) in [5.41, 5.74) is 2.20. The van der Waals surface area contributed by atoms with E-state index in [1.165, 1.54) is 0 Å². The lowest BCUT2D eigenvalue weighted by atomic mass is 10.2. The lowest BCUT2D eigenvalue weighted by Gasteiger charge is -2.09. The molecular formula is C18H14N4O2. The number of benzene rings is 1. The molecule has 2 N–H and O–H groups in total. The van der Waals surface area contributed by atoms with Gasteiger partial charge in [-0.25, -0.2) is 0 Å². The smallest absolute Gasteiger partial charge is 0.255 e. The van der Waals surface area contributed by atoms with Crippen molar-refractivity contribution >= 4 is 23.2 Å². The summed E-state index contributed by atoms with van der Waals surface area (Å²) in [6.07, 6.45) is 6.22. The molecule has 6 heteroatoms. The van der Waals surface area contributed by atoms with Crippen molar-refractivity contribution in [3.05, 3.63) is 84.4 Å². The second kappa shape index (κ2) is 7.15. The first-order chi connectivity index (χ1) is 11.7. The van der Waals surface area contributed by atoms with Crippen molar-refractivity contribution in [1.82, 2.24) is 9.97 Å². The average molecular weight is 318 g/mol. The maximum Gasteiger partial charge on any atom is 0.255 e. The number of aromatic nitrogens is 2. The summed E-state index contributed by atoms with van der Waals surface area (Å²) in [6.45, 7) is 0. The predicted molar refractivity (Wildman–Crippen MR) is 90.8 cm³/mol. The van der Waals surface area contributed by atoms with E-state index in [0.717, 1.165) is 0 Å². The van der Waals surface area contributed by atoms with E-state index in [-0.39, 0.29) is 11.8 Å². The molecular weight excluding hydrogens is 304 g/mol. The van der Waals surface area contributed by atoms with Crippen LogP contribution in [0, 0.1) is 0 Å². The van der Waals surface area contributed by atoms with Gasteiger partial charge in [0.25, 0.3) is 11.8 Å². The van der Waals surface area contributed by atoms with Crippen molar-refractivity contribution in [3.8, 4) is 0 Å². The molecule has 24 heavy (non-hydrogen) atoms. The molecule has 0 aliphatic carbocycles. The van der Waals surface area contributed by atoms with Crippen LogP contribution in [0.1, 0.15) is 20.7 Å². The topological polar surface area (TPSA) is 84.0 Å². The SMILES string of the molecule is O=C(Nc1cccc(NC(=O)c2ccncc2)c1)c1ccncc1. The van der Waals surface area contributed by atoms with Crippen LogP contribution in [0.4, 0.5) is 11.4 Å². The van der Waals surface area contributed by atoms with Gasteiger partial charge in [0.2, 0.25) is 0 Å². The van der Waals surface area contributed by atoms with Gasteiger partial charge >= 0.3 is 0 Å². The summed E-state index contributed by atoms with van der Waals surface area (Å²) in [5.74, 6) is -0.481. The van der Waals surface area contributed by atoms with E-state index in [1.807, 2.05) is 0 Å². The Labute approximate surface area is 138 Å². The van der Waals surface area contributed by atoms with Crippen molar-refractivity contribution in [3.63, 3.8) is 0 Å². The lowest BCUT2D eigenvalue weighted by Crippen LogP contribution is -2.14. The number of nitrogens with zero attached hydrogens (tertiary/aromatic N) is 2. The summed E-state index contributed by atoms with van der Waals surface area (Å²) in [7, 11) is 0. The fourth-order valence-corrected chi connectivity index (χ4v) is 2.09. The zero-order valence-corrected chi connectivity index (χ0v) is 12.6. The Morgan fingerprint density at radius 3 is 1.50 bits per heavy atom. The first-order valence-electron chi connectivity index (χ1n) is 7.25. The van der Waals surface area contributed by atoms with Gasteiger partial charge in [-0.2, -0.15) is 0 Å². The van der Waals surface area contributed by atoms with Gasteiger partial charge in [0.1, 0.15) is 0 Å². The first kappa shape index (κ1) is 15.4. The molecule has 0 fully saturated rings. The number of carbonyl (C=O) groups excluding carboxylic acids is 2. The van der Waals surface area contributed by atoms with Crippen molar-refractivity contribution < 1.29 is 9.59 Å². The second-order valence-electron chi connectivity index (χ2n) is 4.96. The van der Waals surface area contributed by atoms with Crippen LogP contribution < -0.4 is 10.6 Å². The van der Waals surface area contributed by atoms with Crippen LogP contribution in [0.3, 0.4) is 0 Å². The molecule has 2 aromatic heterocycles. The molecule has 3 aromatic rings. The normalized spacial score (nSPS) is 10.0. The van der Waals surface area contributed by atoms with Crippen molar-refractivity contribution in [2.45, 2.75) is 0 Å². The Hall–Kier alpha value is -3.54.